The highest BCUT2D eigenvalue weighted by molar-refractivity contribution is 5.40. The minimum Gasteiger partial charge on any atom is -0.456 e. The van der Waals surface area contributed by atoms with Crippen molar-refractivity contribution in [3.8, 4) is 11.5 Å². The minimum atomic E-state index is -0.132. The zero-order valence-electron chi connectivity index (χ0n) is 15.6. The fourth-order valence-corrected chi connectivity index (χ4v) is 2.87. The highest BCUT2D eigenvalue weighted by atomic mass is 16.6. The fourth-order valence-electron chi connectivity index (χ4n) is 2.87. The number of aromatic nitrogens is 3. The average molecular weight is 364 g/mol. The van der Waals surface area contributed by atoms with Gasteiger partial charge in [0.15, 0.2) is 6.23 Å². The molecule has 1 N–H and O–H groups in total. The molecule has 0 spiro atoms. The van der Waals surface area contributed by atoms with Gasteiger partial charge in [-0.3, -0.25) is 9.97 Å². The number of anilines is 1. The molecule has 0 aromatic carbocycles. The molecule has 0 aliphatic carbocycles. The van der Waals surface area contributed by atoms with Crippen LogP contribution in [0.5, 0.6) is 11.5 Å². The summed E-state index contributed by atoms with van der Waals surface area (Å²) in [5, 5.41) is 3.31. The lowest BCUT2D eigenvalue weighted by molar-refractivity contribution is 0.382. The third-order valence-corrected chi connectivity index (χ3v) is 4.31. The Labute approximate surface area is 160 Å². The van der Waals surface area contributed by atoms with Crippen LogP contribution in [-0.4, -0.2) is 21.2 Å². The Kier molecular flexibility index (Phi) is 4.73. The molecule has 1 fully saturated rings. The number of pyridine rings is 3. The van der Waals surface area contributed by atoms with E-state index in [9.17, 15) is 0 Å². The van der Waals surface area contributed by atoms with Gasteiger partial charge in [-0.15, -0.1) is 0 Å². The fraction of sp³-hybridized carbons (Fsp3) is 0.286. The van der Waals surface area contributed by atoms with Gasteiger partial charge in [0.2, 0.25) is 0 Å². The number of epoxide rings is 1. The van der Waals surface area contributed by atoms with Crippen LogP contribution < -0.4 is 10.1 Å². The van der Waals surface area contributed by atoms with Gasteiger partial charge in [-0.2, -0.15) is 0 Å². The van der Waals surface area contributed by atoms with Crippen LogP contribution in [0.3, 0.4) is 0 Å². The highest BCUT2D eigenvalue weighted by Crippen LogP contribution is 2.39. The Hall–Kier alpha value is -2.99. The van der Waals surface area contributed by atoms with E-state index in [1.807, 2.05) is 56.3 Å². The van der Waals surface area contributed by atoms with Crippen LogP contribution in [0, 0.1) is 13.8 Å². The number of aryl methyl sites for hydroxylation is 3. The lowest BCUT2D eigenvalue weighted by atomic mass is 10.2. The normalized spacial score (nSPS) is 18.2. The minimum absolute atomic E-state index is 0. The molecule has 1 aliphatic heterocycles. The summed E-state index contributed by atoms with van der Waals surface area (Å²) >= 11 is 0. The van der Waals surface area contributed by atoms with Crippen molar-refractivity contribution >= 4 is 5.82 Å². The molecule has 6 nitrogen and oxygen atoms in total. The molecule has 6 heteroatoms. The number of ether oxygens (including phenoxy) is 2. The summed E-state index contributed by atoms with van der Waals surface area (Å²) in [6, 6.07) is 13.6. The molecule has 0 amide bonds. The largest absolute Gasteiger partial charge is 0.456 e. The van der Waals surface area contributed by atoms with E-state index < -0.39 is 0 Å². The third-order valence-electron chi connectivity index (χ3n) is 4.31. The first-order chi connectivity index (χ1) is 13.1. The van der Waals surface area contributed by atoms with E-state index >= 15 is 0 Å². The van der Waals surface area contributed by atoms with E-state index in [0.717, 1.165) is 40.8 Å². The van der Waals surface area contributed by atoms with Crippen LogP contribution in [0.25, 0.3) is 0 Å². The molecule has 140 valence electrons. The lowest BCUT2D eigenvalue weighted by Gasteiger charge is -2.08. The van der Waals surface area contributed by atoms with Gasteiger partial charge in [-0.05, 0) is 44.5 Å². The van der Waals surface area contributed by atoms with Gasteiger partial charge in [0.25, 0.3) is 0 Å². The zero-order valence-corrected chi connectivity index (χ0v) is 15.6. The SMILES string of the molecule is CCc1cccc(NC2OC2c2cc(Oc3ccc(C)nc3)cc(C)n2)n1.[HH]. The van der Waals surface area contributed by atoms with Gasteiger partial charge in [0.05, 0.1) is 11.9 Å². The van der Waals surface area contributed by atoms with E-state index in [2.05, 4.69) is 27.2 Å². The van der Waals surface area contributed by atoms with Crippen LogP contribution >= 0.6 is 0 Å². The van der Waals surface area contributed by atoms with Crippen LogP contribution in [0.2, 0.25) is 0 Å². The molecule has 0 saturated carbocycles. The van der Waals surface area contributed by atoms with Gasteiger partial charge in [0.1, 0.15) is 23.4 Å². The second-order valence-electron chi connectivity index (χ2n) is 6.60. The van der Waals surface area contributed by atoms with Crippen molar-refractivity contribution in [1.29, 1.82) is 0 Å². The maximum atomic E-state index is 5.93. The number of nitrogens with one attached hydrogen (secondary N) is 1. The topological polar surface area (TPSA) is 72.5 Å². The Morgan fingerprint density at radius 1 is 1.07 bits per heavy atom. The first-order valence-electron chi connectivity index (χ1n) is 9.08. The summed E-state index contributed by atoms with van der Waals surface area (Å²) in [5.74, 6) is 2.24. The molecule has 3 aromatic heterocycles. The molecular weight excluding hydrogens is 340 g/mol. The van der Waals surface area contributed by atoms with E-state index in [4.69, 9.17) is 9.47 Å². The first-order valence-corrected chi connectivity index (χ1v) is 9.08. The number of nitrogens with zero attached hydrogens (tertiary/aromatic N) is 3. The summed E-state index contributed by atoms with van der Waals surface area (Å²) < 4.78 is 11.7. The number of hydrogen-bond donors (Lipinski definition) is 1. The predicted molar refractivity (Wildman–Crippen MR) is 105 cm³/mol. The molecule has 2 atom stereocenters. The first kappa shape index (κ1) is 17.4. The van der Waals surface area contributed by atoms with Crippen molar-refractivity contribution in [1.82, 2.24) is 15.0 Å². The Balaban J connectivity index is 0.00000225. The van der Waals surface area contributed by atoms with E-state index in [1.165, 1.54) is 0 Å². The third kappa shape index (κ3) is 4.23. The second-order valence-corrected chi connectivity index (χ2v) is 6.60. The van der Waals surface area contributed by atoms with E-state index in [1.54, 1.807) is 6.20 Å². The van der Waals surface area contributed by atoms with Gasteiger partial charge in [-0.25, -0.2) is 4.98 Å². The van der Waals surface area contributed by atoms with Crippen LogP contribution in [0.1, 0.15) is 37.2 Å². The monoisotopic (exact) mass is 364 g/mol. The molecule has 27 heavy (non-hydrogen) atoms. The quantitative estimate of drug-likeness (QED) is 0.645. The average Bonchev–Trinajstić information content (AvgIpc) is 3.42. The molecule has 0 radical (unpaired) electrons. The maximum Gasteiger partial charge on any atom is 0.162 e. The van der Waals surface area contributed by atoms with Crippen molar-refractivity contribution < 1.29 is 10.9 Å². The molecular formula is C21H24N4O2. The van der Waals surface area contributed by atoms with E-state index in [-0.39, 0.29) is 13.8 Å². The molecule has 4 rings (SSSR count). The molecule has 4 heterocycles. The Morgan fingerprint density at radius 2 is 1.96 bits per heavy atom. The van der Waals surface area contributed by atoms with Crippen LogP contribution in [-0.2, 0) is 11.2 Å². The molecule has 1 aliphatic rings. The standard InChI is InChI=1S/C21H22N4O2.H2/c1-4-15-6-5-7-19(24-15)25-21-20(27-21)18-11-17(10-14(3)23-18)26-16-9-8-13(2)22-12-16;/h5-12,20-21H,4H2,1-3H3,(H,24,25);1H. The summed E-state index contributed by atoms with van der Waals surface area (Å²) in [5.41, 5.74) is 3.72. The van der Waals surface area contributed by atoms with Crippen molar-refractivity contribution in [3.05, 3.63) is 71.4 Å². The van der Waals surface area contributed by atoms with Crippen LogP contribution in [0.15, 0.2) is 48.7 Å². The lowest BCUT2D eigenvalue weighted by Crippen LogP contribution is -2.07. The van der Waals surface area contributed by atoms with Crippen molar-refractivity contribution in [2.24, 2.45) is 0 Å². The van der Waals surface area contributed by atoms with Gasteiger partial charge in [0, 0.05) is 30.6 Å². The number of rotatable bonds is 6. The summed E-state index contributed by atoms with van der Waals surface area (Å²) in [6.45, 7) is 5.98. The smallest absolute Gasteiger partial charge is 0.162 e. The van der Waals surface area contributed by atoms with Gasteiger partial charge >= 0.3 is 0 Å². The maximum absolute atomic E-state index is 5.93. The zero-order chi connectivity index (χ0) is 18.8. The van der Waals surface area contributed by atoms with E-state index in [0.29, 0.717) is 5.75 Å². The van der Waals surface area contributed by atoms with Crippen molar-refractivity contribution in [2.45, 2.75) is 39.5 Å². The highest BCUT2D eigenvalue weighted by Gasteiger charge is 2.42. The number of hydrogen-bond acceptors (Lipinski definition) is 6. The van der Waals surface area contributed by atoms with Gasteiger partial charge < -0.3 is 14.8 Å². The van der Waals surface area contributed by atoms with Gasteiger partial charge in [-0.1, -0.05) is 13.0 Å². The Bertz CT molecular complexity index is 949. The molecule has 2 unspecified atom stereocenters. The Morgan fingerprint density at radius 3 is 2.74 bits per heavy atom. The molecule has 3 aromatic rings. The van der Waals surface area contributed by atoms with Crippen molar-refractivity contribution in [2.75, 3.05) is 5.32 Å². The van der Waals surface area contributed by atoms with Crippen molar-refractivity contribution in [3.63, 3.8) is 0 Å². The van der Waals surface area contributed by atoms with Crippen LogP contribution in [0.4, 0.5) is 5.82 Å². The summed E-state index contributed by atoms with van der Waals surface area (Å²) in [6.07, 6.45) is 2.37. The molecule has 0 bridgehead atoms. The predicted octanol–water partition coefficient (Wildman–Crippen LogP) is 4.60. The summed E-state index contributed by atoms with van der Waals surface area (Å²) in [7, 11) is 0. The molecule has 1 saturated heterocycles. The second kappa shape index (κ2) is 7.32. The summed E-state index contributed by atoms with van der Waals surface area (Å²) in [4.78, 5) is 13.4.